The fourth-order valence-corrected chi connectivity index (χ4v) is 1.99. The van der Waals surface area contributed by atoms with E-state index in [1.165, 1.54) is 0 Å². The first kappa shape index (κ1) is 12.4. The third-order valence-corrected chi connectivity index (χ3v) is 3.03. The van der Waals surface area contributed by atoms with E-state index in [9.17, 15) is 9.59 Å². The van der Waals surface area contributed by atoms with Crippen LogP contribution in [0.3, 0.4) is 0 Å². The minimum Gasteiger partial charge on any atom is -0.481 e. The van der Waals surface area contributed by atoms with E-state index in [0.717, 1.165) is 5.56 Å². The smallest absolute Gasteiger partial charge is 0.323 e. The number of fused-ring (bicyclic) bond motifs is 1. The lowest BCUT2D eigenvalue weighted by Crippen LogP contribution is -2.21. The summed E-state index contributed by atoms with van der Waals surface area (Å²) in [5.41, 5.74) is 7.95. The molecule has 0 bridgehead atoms. The zero-order chi connectivity index (χ0) is 13.3. The molecule has 18 heavy (non-hydrogen) atoms. The van der Waals surface area contributed by atoms with E-state index in [4.69, 9.17) is 10.8 Å². The number of nitrogens with one attached hydrogen (secondary N) is 2. The van der Waals surface area contributed by atoms with Gasteiger partial charge in [-0.05, 0) is 23.6 Å². The molecule has 5 N–H and O–H groups in total. The van der Waals surface area contributed by atoms with Gasteiger partial charge in [-0.15, -0.1) is 0 Å². The van der Waals surface area contributed by atoms with Crippen LogP contribution in [0, 0.1) is 5.92 Å². The second-order valence-corrected chi connectivity index (χ2v) is 4.49. The largest absolute Gasteiger partial charge is 0.481 e. The third kappa shape index (κ3) is 2.43. The molecule has 2 atom stereocenters. The predicted molar refractivity (Wildman–Crippen MR) is 67.3 cm³/mol. The molecule has 0 spiro atoms. The highest BCUT2D eigenvalue weighted by Crippen LogP contribution is 2.23. The number of aliphatic carboxylic acids is 1. The molecular weight excluding hydrogens is 234 g/mol. The van der Waals surface area contributed by atoms with Crippen molar-refractivity contribution in [3.05, 3.63) is 34.2 Å². The number of carboxylic acids is 1. The average molecular weight is 249 g/mol. The van der Waals surface area contributed by atoms with E-state index in [1.54, 1.807) is 25.1 Å². The summed E-state index contributed by atoms with van der Waals surface area (Å²) in [6.07, 6.45) is 0.0167. The fourth-order valence-electron chi connectivity index (χ4n) is 1.99. The first-order chi connectivity index (χ1) is 8.47. The number of nitrogens with two attached hydrogens (primary N) is 1. The average Bonchev–Trinajstić information content (AvgIpc) is 2.65. The summed E-state index contributed by atoms with van der Waals surface area (Å²) in [7, 11) is 0. The highest BCUT2D eigenvalue weighted by molar-refractivity contribution is 5.75. The number of hydrogen-bond donors (Lipinski definition) is 4. The lowest BCUT2D eigenvalue weighted by atomic mass is 9.92. The van der Waals surface area contributed by atoms with Gasteiger partial charge in [-0.25, -0.2) is 4.79 Å². The number of benzene rings is 1. The van der Waals surface area contributed by atoms with E-state index >= 15 is 0 Å². The highest BCUT2D eigenvalue weighted by Gasteiger charge is 2.18. The molecule has 1 heterocycles. The molecule has 1 aromatic heterocycles. The molecule has 1 aromatic carbocycles. The van der Waals surface area contributed by atoms with Gasteiger partial charge in [-0.3, -0.25) is 4.79 Å². The molecule has 0 aliphatic carbocycles. The molecule has 2 unspecified atom stereocenters. The lowest BCUT2D eigenvalue weighted by molar-refractivity contribution is -0.138. The van der Waals surface area contributed by atoms with Gasteiger partial charge < -0.3 is 20.8 Å². The minimum atomic E-state index is -0.867. The number of H-pyrrole nitrogens is 2. The van der Waals surface area contributed by atoms with Crippen LogP contribution in [0.4, 0.5) is 0 Å². The van der Waals surface area contributed by atoms with Crippen molar-refractivity contribution in [3.63, 3.8) is 0 Å². The van der Waals surface area contributed by atoms with Crippen molar-refractivity contribution >= 4 is 17.0 Å². The molecule has 0 saturated heterocycles. The topological polar surface area (TPSA) is 112 Å². The van der Waals surface area contributed by atoms with Crippen LogP contribution >= 0.6 is 0 Å². The zero-order valence-electron chi connectivity index (χ0n) is 9.93. The first-order valence-corrected chi connectivity index (χ1v) is 5.66. The van der Waals surface area contributed by atoms with Gasteiger partial charge in [0.15, 0.2) is 0 Å². The van der Waals surface area contributed by atoms with E-state index in [2.05, 4.69) is 9.97 Å². The number of rotatable bonds is 4. The van der Waals surface area contributed by atoms with Gasteiger partial charge in [0.25, 0.3) is 0 Å². The highest BCUT2D eigenvalue weighted by atomic mass is 16.4. The Hall–Kier alpha value is -2.08. The van der Waals surface area contributed by atoms with Crippen molar-refractivity contribution in [1.82, 2.24) is 9.97 Å². The van der Waals surface area contributed by atoms with Crippen molar-refractivity contribution < 1.29 is 9.90 Å². The van der Waals surface area contributed by atoms with Crippen LogP contribution in [-0.2, 0) is 4.79 Å². The fraction of sp³-hybridized carbons (Fsp3) is 0.333. The van der Waals surface area contributed by atoms with Gasteiger partial charge in [-0.2, -0.15) is 0 Å². The van der Waals surface area contributed by atoms with Gasteiger partial charge in [-0.1, -0.05) is 13.0 Å². The molecule has 0 radical (unpaired) electrons. The summed E-state index contributed by atoms with van der Waals surface area (Å²) in [5.74, 6) is -1.04. The van der Waals surface area contributed by atoms with E-state index in [0.29, 0.717) is 11.0 Å². The monoisotopic (exact) mass is 249 g/mol. The number of imidazole rings is 1. The van der Waals surface area contributed by atoms with E-state index in [-0.39, 0.29) is 24.1 Å². The van der Waals surface area contributed by atoms with Crippen LogP contribution in [0.1, 0.15) is 24.9 Å². The Balaban J connectivity index is 2.29. The number of aromatic nitrogens is 2. The zero-order valence-corrected chi connectivity index (χ0v) is 9.93. The minimum absolute atomic E-state index is 0.0167. The SMILES string of the molecule is CC(CC(=O)O)C(N)c1ccc2[nH]c(=O)[nH]c2c1. The summed E-state index contributed by atoms with van der Waals surface area (Å²) in [6.45, 7) is 1.79. The van der Waals surface area contributed by atoms with Gasteiger partial charge in [0.1, 0.15) is 0 Å². The number of aromatic amines is 2. The quantitative estimate of drug-likeness (QED) is 0.646. The number of carbonyl (C=O) groups is 1. The van der Waals surface area contributed by atoms with Crippen molar-refractivity contribution in [3.8, 4) is 0 Å². The molecule has 6 heteroatoms. The van der Waals surface area contributed by atoms with Crippen LogP contribution in [-0.4, -0.2) is 21.0 Å². The normalized spacial score (nSPS) is 14.6. The van der Waals surface area contributed by atoms with Crippen LogP contribution in [0.15, 0.2) is 23.0 Å². The molecule has 0 aliphatic heterocycles. The summed E-state index contributed by atoms with van der Waals surface area (Å²) in [5, 5.41) is 8.75. The van der Waals surface area contributed by atoms with E-state index < -0.39 is 5.97 Å². The summed E-state index contributed by atoms with van der Waals surface area (Å²) in [6, 6.07) is 4.96. The molecule has 2 rings (SSSR count). The maximum atomic E-state index is 11.1. The molecule has 0 saturated carbocycles. The molecule has 0 fully saturated rings. The molecule has 96 valence electrons. The van der Waals surface area contributed by atoms with Crippen molar-refractivity contribution in [2.75, 3.05) is 0 Å². The van der Waals surface area contributed by atoms with Gasteiger partial charge in [0.2, 0.25) is 0 Å². The maximum Gasteiger partial charge on any atom is 0.323 e. The Morgan fingerprint density at radius 3 is 2.72 bits per heavy atom. The maximum absolute atomic E-state index is 11.1. The van der Waals surface area contributed by atoms with Crippen LogP contribution in [0.5, 0.6) is 0 Å². The molecule has 6 nitrogen and oxygen atoms in total. The standard InChI is InChI=1S/C12H15N3O3/c1-6(4-10(16)17)11(13)7-2-3-8-9(5-7)15-12(18)14-8/h2-3,5-6,11H,4,13H2,1H3,(H,16,17)(H2,14,15,18). The summed E-state index contributed by atoms with van der Waals surface area (Å²) >= 11 is 0. The van der Waals surface area contributed by atoms with Gasteiger partial charge >= 0.3 is 11.7 Å². The Labute approximate surface area is 103 Å². The first-order valence-electron chi connectivity index (χ1n) is 5.66. The van der Waals surface area contributed by atoms with Crippen molar-refractivity contribution in [2.45, 2.75) is 19.4 Å². The molecule has 0 aliphatic rings. The Kier molecular flexibility index (Phi) is 3.20. The Morgan fingerprint density at radius 2 is 2.06 bits per heavy atom. The number of carboxylic acid groups (broad SMARTS) is 1. The van der Waals surface area contributed by atoms with Gasteiger partial charge in [0, 0.05) is 12.5 Å². The second-order valence-electron chi connectivity index (χ2n) is 4.49. The van der Waals surface area contributed by atoms with Crippen LogP contribution in [0.25, 0.3) is 11.0 Å². The lowest BCUT2D eigenvalue weighted by Gasteiger charge is -2.18. The Morgan fingerprint density at radius 1 is 1.39 bits per heavy atom. The second kappa shape index (κ2) is 4.66. The summed E-state index contributed by atoms with van der Waals surface area (Å²) in [4.78, 5) is 27.1. The predicted octanol–water partition coefficient (Wildman–Crippen LogP) is 0.967. The molecule has 2 aromatic rings. The Bertz CT molecular complexity index is 629. The third-order valence-electron chi connectivity index (χ3n) is 3.03. The summed E-state index contributed by atoms with van der Waals surface area (Å²) < 4.78 is 0. The van der Waals surface area contributed by atoms with Crippen molar-refractivity contribution in [2.24, 2.45) is 11.7 Å². The van der Waals surface area contributed by atoms with Crippen LogP contribution < -0.4 is 11.4 Å². The van der Waals surface area contributed by atoms with Crippen LogP contribution in [0.2, 0.25) is 0 Å². The molecule has 0 amide bonds. The van der Waals surface area contributed by atoms with Gasteiger partial charge in [0.05, 0.1) is 11.0 Å². The number of hydrogen-bond acceptors (Lipinski definition) is 3. The van der Waals surface area contributed by atoms with E-state index in [1.807, 2.05) is 0 Å². The molecular formula is C12H15N3O3. The van der Waals surface area contributed by atoms with Crippen molar-refractivity contribution in [1.29, 1.82) is 0 Å².